The van der Waals surface area contributed by atoms with Gasteiger partial charge in [0.2, 0.25) is 0 Å². The normalized spacial score (nSPS) is 12.9. The number of furan rings is 1. The first-order chi connectivity index (χ1) is 32.0. The highest BCUT2D eigenvalue weighted by molar-refractivity contribution is 6.18. The third kappa shape index (κ3) is 5.74. The lowest BCUT2D eigenvalue weighted by Gasteiger charge is -2.29. The van der Waals surface area contributed by atoms with E-state index >= 15 is 0 Å². The molecule has 11 aromatic carbocycles. The molecule has 306 valence electrons. The highest BCUT2D eigenvalue weighted by Gasteiger charge is 2.37. The van der Waals surface area contributed by atoms with E-state index in [1.807, 2.05) is 0 Å². The number of benzene rings is 11. The average Bonchev–Trinajstić information content (AvgIpc) is 3.87. The summed E-state index contributed by atoms with van der Waals surface area (Å²) in [6, 6.07) is 82.0. The Balaban J connectivity index is 0.983. The van der Waals surface area contributed by atoms with Gasteiger partial charge < -0.3 is 9.32 Å². The molecule has 1 aromatic heterocycles. The van der Waals surface area contributed by atoms with Crippen molar-refractivity contribution < 1.29 is 4.42 Å². The van der Waals surface area contributed by atoms with Crippen LogP contribution in [0, 0.1) is 0 Å². The fourth-order valence-electron chi connectivity index (χ4n) is 11.0. The summed E-state index contributed by atoms with van der Waals surface area (Å²) in [6.45, 7) is 4.73. The third-order valence-electron chi connectivity index (χ3n) is 14.0. The molecule has 0 amide bonds. The number of hydrogen-bond acceptors (Lipinski definition) is 2. The number of rotatable bonds is 6. The molecular formula is C63H43NO. The lowest BCUT2D eigenvalue weighted by atomic mass is 9.79. The lowest BCUT2D eigenvalue weighted by molar-refractivity contribution is 0.662. The molecule has 13 rings (SSSR count). The third-order valence-corrected chi connectivity index (χ3v) is 14.0. The zero-order valence-corrected chi connectivity index (χ0v) is 36.2. The minimum Gasteiger partial charge on any atom is -0.455 e. The Labute approximate surface area is 378 Å². The first-order valence-corrected chi connectivity index (χ1v) is 22.6. The van der Waals surface area contributed by atoms with Crippen molar-refractivity contribution in [2.45, 2.75) is 19.3 Å². The van der Waals surface area contributed by atoms with E-state index in [4.69, 9.17) is 4.42 Å². The zero-order valence-electron chi connectivity index (χ0n) is 36.2. The van der Waals surface area contributed by atoms with Crippen LogP contribution in [0.15, 0.2) is 229 Å². The molecule has 0 atom stereocenters. The van der Waals surface area contributed by atoms with Gasteiger partial charge in [0.15, 0.2) is 0 Å². The van der Waals surface area contributed by atoms with Gasteiger partial charge in [-0.1, -0.05) is 196 Å². The van der Waals surface area contributed by atoms with Gasteiger partial charge in [-0.25, -0.2) is 0 Å². The summed E-state index contributed by atoms with van der Waals surface area (Å²) < 4.78 is 6.95. The maximum absolute atomic E-state index is 6.95. The number of hydrogen-bond donors (Lipinski definition) is 0. The average molecular weight is 830 g/mol. The molecule has 1 aliphatic rings. The molecule has 0 N–H and O–H groups in total. The molecule has 0 saturated heterocycles. The van der Waals surface area contributed by atoms with Crippen LogP contribution in [0.25, 0.3) is 98.8 Å². The van der Waals surface area contributed by atoms with E-state index in [1.54, 1.807) is 0 Å². The van der Waals surface area contributed by atoms with Crippen LogP contribution < -0.4 is 4.90 Å². The van der Waals surface area contributed by atoms with E-state index in [0.717, 1.165) is 55.5 Å². The minimum absolute atomic E-state index is 0.117. The van der Waals surface area contributed by atoms with Crippen molar-refractivity contribution in [3.8, 4) is 44.5 Å². The van der Waals surface area contributed by atoms with E-state index in [0.29, 0.717) is 0 Å². The molecule has 65 heavy (non-hydrogen) atoms. The largest absolute Gasteiger partial charge is 0.455 e. The molecule has 2 heteroatoms. The van der Waals surface area contributed by atoms with Crippen LogP contribution in [0.1, 0.15) is 25.0 Å². The highest BCUT2D eigenvalue weighted by Crippen LogP contribution is 2.53. The van der Waals surface area contributed by atoms with Crippen molar-refractivity contribution in [3.63, 3.8) is 0 Å². The predicted molar refractivity (Wildman–Crippen MR) is 275 cm³/mol. The summed E-state index contributed by atoms with van der Waals surface area (Å²) in [6.07, 6.45) is 0. The van der Waals surface area contributed by atoms with Crippen molar-refractivity contribution in [2.75, 3.05) is 4.90 Å². The molecule has 0 unspecified atom stereocenters. The van der Waals surface area contributed by atoms with Gasteiger partial charge in [0.05, 0.1) is 5.69 Å². The van der Waals surface area contributed by atoms with Gasteiger partial charge in [-0.15, -0.1) is 0 Å². The fraction of sp³-hybridized carbons (Fsp3) is 0.0476. The van der Waals surface area contributed by atoms with Gasteiger partial charge in [-0.3, -0.25) is 0 Å². The van der Waals surface area contributed by atoms with Crippen LogP contribution in [-0.4, -0.2) is 0 Å². The van der Waals surface area contributed by atoms with Crippen LogP contribution in [0.5, 0.6) is 0 Å². The zero-order chi connectivity index (χ0) is 43.2. The quantitative estimate of drug-likeness (QED) is 0.155. The second-order valence-electron chi connectivity index (χ2n) is 18.0. The van der Waals surface area contributed by atoms with Crippen LogP contribution in [0.4, 0.5) is 17.1 Å². The van der Waals surface area contributed by atoms with Crippen molar-refractivity contribution >= 4 is 71.3 Å². The van der Waals surface area contributed by atoms with E-state index in [1.165, 1.54) is 71.4 Å². The van der Waals surface area contributed by atoms with Crippen molar-refractivity contribution in [2.24, 2.45) is 0 Å². The van der Waals surface area contributed by atoms with Crippen LogP contribution in [-0.2, 0) is 5.41 Å². The Morgan fingerprint density at radius 1 is 0.338 bits per heavy atom. The number of para-hydroxylation sites is 2. The topological polar surface area (TPSA) is 16.4 Å². The number of nitrogens with zero attached hydrogens (tertiary/aromatic N) is 1. The van der Waals surface area contributed by atoms with E-state index in [2.05, 4.69) is 243 Å². The number of anilines is 3. The Kier molecular flexibility index (Phi) is 8.29. The highest BCUT2D eigenvalue weighted by atomic mass is 16.3. The fourth-order valence-corrected chi connectivity index (χ4v) is 11.0. The number of fused-ring (bicyclic) bond motifs is 11. The first kappa shape index (κ1) is 37.4. The Morgan fingerprint density at radius 2 is 0.877 bits per heavy atom. The van der Waals surface area contributed by atoms with Crippen LogP contribution in [0.3, 0.4) is 0 Å². The second-order valence-corrected chi connectivity index (χ2v) is 18.0. The van der Waals surface area contributed by atoms with Crippen LogP contribution in [0.2, 0.25) is 0 Å². The molecular weight excluding hydrogens is 787 g/mol. The lowest BCUT2D eigenvalue weighted by Crippen LogP contribution is -2.16. The Bertz CT molecular complexity index is 3850. The molecule has 0 spiro atoms. The smallest absolute Gasteiger partial charge is 0.143 e. The maximum Gasteiger partial charge on any atom is 0.143 e. The first-order valence-electron chi connectivity index (χ1n) is 22.6. The molecule has 0 saturated carbocycles. The van der Waals surface area contributed by atoms with E-state index in [-0.39, 0.29) is 5.41 Å². The second kappa shape index (κ2) is 14.4. The molecule has 12 aromatic rings. The molecule has 1 aliphatic carbocycles. The van der Waals surface area contributed by atoms with Crippen LogP contribution >= 0.6 is 0 Å². The van der Waals surface area contributed by atoms with Crippen molar-refractivity contribution in [1.29, 1.82) is 0 Å². The van der Waals surface area contributed by atoms with Crippen molar-refractivity contribution in [3.05, 3.63) is 236 Å². The van der Waals surface area contributed by atoms with Gasteiger partial charge in [0, 0.05) is 44.1 Å². The summed E-state index contributed by atoms with van der Waals surface area (Å²) in [5.41, 5.74) is 17.4. The molecule has 2 nitrogen and oxygen atoms in total. The van der Waals surface area contributed by atoms with Gasteiger partial charge in [-0.05, 0) is 114 Å². The summed E-state index contributed by atoms with van der Waals surface area (Å²) >= 11 is 0. The van der Waals surface area contributed by atoms with Gasteiger partial charge in [-0.2, -0.15) is 0 Å². The summed E-state index contributed by atoms with van der Waals surface area (Å²) in [5, 5.41) is 9.57. The molecule has 0 radical (unpaired) electrons. The summed E-state index contributed by atoms with van der Waals surface area (Å²) in [4.78, 5) is 2.41. The van der Waals surface area contributed by atoms with Gasteiger partial charge >= 0.3 is 0 Å². The maximum atomic E-state index is 6.95. The molecule has 0 bridgehead atoms. The van der Waals surface area contributed by atoms with E-state index < -0.39 is 0 Å². The summed E-state index contributed by atoms with van der Waals surface area (Å²) in [5.74, 6) is 0. The monoisotopic (exact) mass is 829 g/mol. The molecule has 0 fully saturated rings. The van der Waals surface area contributed by atoms with Crippen molar-refractivity contribution in [1.82, 2.24) is 0 Å². The SMILES string of the molecule is CC1(C)c2ccccc2-c2cccc(-c3ccc(N(c4ccc(-c5cc6ccccc6c6ccccc56)cc4)c4ccccc4-c4cccc5c4oc4c6ccccc6ccc54)cc3)c21. The standard InChI is InChI=1S/C63H43NO/c1-63(2)58-27-11-9-21-51(58)53-24-13-23-47(60(53)63)41-29-34-44(35-30-41)64(45-36-31-42(32-37-45)57-39-43-16-4-5-17-46(43)49-19-7-8-20-50(49)57)59-28-12-10-22-52(59)54-25-14-26-55-56-38-33-40-15-3-6-18-48(40)61(56)65-62(54)55/h3-39H,1-2H3. The van der Waals surface area contributed by atoms with Gasteiger partial charge in [0.1, 0.15) is 11.2 Å². The van der Waals surface area contributed by atoms with Gasteiger partial charge in [0.25, 0.3) is 0 Å². The Hall–Kier alpha value is -8.20. The summed E-state index contributed by atoms with van der Waals surface area (Å²) in [7, 11) is 0. The minimum atomic E-state index is -0.117. The Morgan fingerprint density at radius 3 is 1.66 bits per heavy atom. The molecule has 0 aliphatic heterocycles. The molecule has 1 heterocycles. The van der Waals surface area contributed by atoms with E-state index in [9.17, 15) is 0 Å². The predicted octanol–water partition coefficient (Wildman–Crippen LogP) is 17.8.